The van der Waals surface area contributed by atoms with Crippen LogP contribution in [0.15, 0.2) is 18.2 Å². The molecule has 0 heterocycles. The first-order valence-corrected chi connectivity index (χ1v) is 4.35. The predicted molar refractivity (Wildman–Crippen MR) is 46.2 cm³/mol. The number of ketones is 1. The molecule has 1 aromatic carbocycles. The van der Waals surface area contributed by atoms with Crippen LogP contribution in [-0.4, -0.2) is 16.2 Å². The Morgan fingerprint density at radius 2 is 2.25 bits per heavy atom. The van der Waals surface area contributed by atoms with Crippen LogP contribution < -0.4 is 0 Å². The summed E-state index contributed by atoms with van der Waals surface area (Å²) < 4.78 is 12.7. The molecule has 0 aromatic heterocycles. The van der Waals surface area contributed by atoms with E-state index in [-0.39, 0.29) is 16.7 Å². The van der Waals surface area contributed by atoms with E-state index in [1.165, 1.54) is 12.1 Å². The van der Waals surface area contributed by atoms with Gasteiger partial charge in [0.05, 0.1) is 10.9 Å². The summed E-state index contributed by atoms with van der Waals surface area (Å²) in [5.41, 5.74) is 0.00637. The summed E-state index contributed by atoms with van der Waals surface area (Å²) in [6.45, 7) is 0. The fourth-order valence-corrected chi connectivity index (χ4v) is 1.11. The number of hydrogen-bond acceptors (Lipinski definition) is 2. The highest BCUT2D eigenvalue weighted by atomic mass is 79.9. The average molecular weight is 233 g/mol. The number of alkyl halides is 1. The van der Waals surface area contributed by atoms with Gasteiger partial charge >= 0.3 is 0 Å². The zero-order chi connectivity index (χ0) is 9.14. The van der Waals surface area contributed by atoms with Crippen molar-refractivity contribution in [1.82, 2.24) is 0 Å². The Labute approximate surface area is 77.2 Å². The highest BCUT2D eigenvalue weighted by Crippen LogP contribution is 2.21. The lowest BCUT2D eigenvalue weighted by Crippen LogP contribution is -2.00. The lowest BCUT2D eigenvalue weighted by atomic mass is 10.1. The highest BCUT2D eigenvalue weighted by Gasteiger charge is 2.12. The van der Waals surface area contributed by atoms with Crippen molar-refractivity contribution in [2.75, 3.05) is 5.33 Å². The molecule has 0 spiro atoms. The van der Waals surface area contributed by atoms with Gasteiger partial charge in [0.15, 0.2) is 17.3 Å². The molecule has 12 heavy (non-hydrogen) atoms. The number of phenolic OH excluding ortho intramolecular Hbond substituents is 1. The first-order chi connectivity index (χ1) is 5.66. The summed E-state index contributed by atoms with van der Waals surface area (Å²) in [6.07, 6.45) is 0. The molecule has 2 nitrogen and oxygen atoms in total. The summed E-state index contributed by atoms with van der Waals surface area (Å²) in [5.74, 6) is -1.70. The first-order valence-electron chi connectivity index (χ1n) is 3.23. The molecule has 0 aliphatic heterocycles. The minimum Gasteiger partial charge on any atom is -0.504 e. The number of para-hydroxylation sites is 1. The summed E-state index contributed by atoms with van der Waals surface area (Å²) >= 11 is 2.93. The van der Waals surface area contributed by atoms with Gasteiger partial charge in [0.25, 0.3) is 0 Å². The molecule has 1 rings (SSSR count). The van der Waals surface area contributed by atoms with Gasteiger partial charge in [-0.15, -0.1) is 0 Å². The maximum atomic E-state index is 12.7. The van der Waals surface area contributed by atoms with Crippen LogP contribution in [0.25, 0.3) is 0 Å². The van der Waals surface area contributed by atoms with Crippen LogP contribution in [0.3, 0.4) is 0 Å². The molecule has 0 unspecified atom stereocenters. The monoisotopic (exact) mass is 232 g/mol. The third-order valence-electron chi connectivity index (χ3n) is 1.41. The number of hydrogen-bond donors (Lipinski definition) is 1. The fraction of sp³-hybridized carbons (Fsp3) is 0.125. The molecule has 0 bridgehead atoms. The Balaban J connectivity index is 3.16. The van der Waals surface area contributed by atoms with Crippen molar-refractivity contribution in [3.63, 3.8) is 0 Å². The van der Waals surface area contributed by atoms with E-state index in [0.29, 0.717) is 0 Å². The van der Waals surface area contributed by atoms with Gasteiger partial charge in [-0.05, 0) is 12.1 Å². The minimum absolute atomic E-state index is 0.00637. The third kappa shape index (κ3) is 1.64. The molecule has 4 heteroatoms. The van der Waals surface area contributed by atoms with Crippen LogP contribution in [0.1, 0.15) is 10.4 Å². The van der Waals surface area contributed by atoms with Gasteiger partial charge in [0.1, 0.15) is 0 Å². The molecule has 0 aliphatic carbocycles. The maximum absolute atomic E-state index is 12.7. The molecule has 0 atom stereocenters. The third-order valence-corrected chi connectivity index (χ3v) is 1.92. The predicted octanol–water partition coefficient (Wildman–Crippen LogP) is 2.11. The number of halogens is 2. The van der Waals surface area contributed by atoms with Gasteiger partial charge in [-0.1, -0.05) is 22.0 Å². The minimum atomic E-state index is -0.776. The van der Waals surface area contributed by atoms with E-state index in [0.717, 1.165) is 6.07 Å². The van der Waals surface area contributed by atoms with Gasteiger partial charge < -0.3 is 5.11 Å². The number of carbonyl (C=O) groups excluding carboxylic acids is 1. The van der Waals surface area contributed by atoms with E-state index in [1.54, 1.807) is 0 Å². The van der Waals surface area contributed by atoms with E-state index in [1.807, 2.05) is 0 Å². The SMILES string of the molecule is O=C(CBr)c1cccc(F)c1O. The van der Waals surface area contributed by atoms with Crippen LogP contribution in [0, 0.1) is 5.82 Å². The van der Waals surface area contributed by atoms with Crippen molar-refractivity contribution in [2.24, 2.45) is 0 Å². The topological polar surface area (TPSA) is 37.3 Å². The number of phenols is 1. The van der Waals surface area contributed by atoms with E-state index in [4.69, 9.17) is 5.11 Å². The average Bonchev–Trinajstić information content (AvgIpc) is 2.08. The molecule has 1 N–H and O–H groups in total. The van der Waals surface area contributed by atoms with Crippen molar-refractivity contribution in [1.29, 1.82) is 0 Å². The molecule has 0 fully saturated rings. The zero-order valence-electron chi connectivity index (χ0n) is 6.05. The van der Waals surface area contributed by atoms with Crippen molar-refractivity contribution in [2.45, 2.75) is 0 Å². The number of aromatic hydroxyl groups is 1. The fourth-order valence-electron chi connectivity index (χ4n) is 0.812. The first kappa shape index (κ1) is 9.19. The van der Waals surface area contributed by atoms with Crippen LogP contribution in [-0.2, 0) is 0 Å². The maximum Gasteiger partial charge on any atom is 0.177 e. The zero-order valence-corrected chi connectivity index (χ0v) is 7.64. The number of benzene rings is 1. The van der Waals surface area contributed by atoms with Crippen molar-refractivity contribution in [3.8, 4) is 5.75 Å². The second kappa shape index (κ2) is 3.67. The highest BCUT2D eigenvalue weighted by molar-refractivity contribution is 9.09. The number of Topliss-reactive ketones (excluding diaryl/α,β-unsaturated/α-hetero) is 1. The second-order valence-corrected chi connectivity index (χ2v) is 2.75. The van der Waals surface area contributed by atoms with Crippen molar-refractivity contribution in [3.05, 3.63) is 29.6 Å². The van der Waals surface area contributed by atoms with Crippen LogP contribution in [0.4, 0.5) is 4.39 Å². The Hall–Kier alpha value is -0.900. The van der Waals surface area contributed by atoms with E-state index in [2.05, 4.69) is 15.9 Å². The lowest BCUT2D eigenvalue weighted by molar-refractivity contribution is 0.102. The van der Waals surface area contributed by atoms with Crippen LogP contribution >= 0.6 is 15.9 Å². The molecule has 0 saturated heterocycles. The Kier molecular flexibility index (Phi) is 2.81. The molecule has 0 amide bonds. The molecule has 1 aromatic rings. The largest absolute Gasteiger partial charge is 0.504 e. The Bertz CT molecular complexity index is 312. The Morgan fingerprint density at radius 1 is 1.58 bits per heavy atom. The molecule has 64 valence electrons. The van der Waals surface area contributed by atoms with Crippen molar-refractivity contribution >= 4 is 21.7 Å². The molecular weight excluding hydrogens is 227 g/mol. The second-order valence-electron chi connectivity index (χ2n) is 2.19. The molecule has 0 radical (unpaired) electrons. The van der Waals surface area contributed by atoms with E-state index < -0.39 is 11.6 Å². The summed E-state index contributed by atoms with van der Waals surface area (Å²) in [6, 6.07) is 3.85. The summed E-state index contributed by atoms with van der Waals surface area (Å²) in [7, 11) is 0. The number of rotatable bonds is 2. The van der Waals surface area contributed by atoms with Gasteiger partial charge in [-0.25, -0.2) is 4.39 Å². The van der Waals surface area contributed by atoms with Gasteiger partial charge in [-0.2, -0.15) is 0 Å². The quantitative estimate of drug-likeness (QED) is 0.627. The standard InChI is InChI=1S/C8H6BrFO2/c9-4-7(11)5-2-1-3-6(10)8(5)12/h1-3,12H,4H2. The smallest absolute Gasteiger partial charge is 0.177 e. The number of carbonyl (C=O) groups is 1. The molecule has 0 aliphatic rings. The molecular formula is C8H6BrFO2. The summed E-state index contributed by atoms with van der Waals surface area (Å²) in [5, 5.41) is 9.16. The van der Waals surface area contributed by atoms with E-state index in [9.17, 15) is 9.18 Å². The van der Waals surface area contributed by atoms with Crippen molar-refractivity contribution < 1.29 is 14.3 Å². The van der Waals surface area contributed by atoms with Crippen LogP contribution in [0.2, 0.25) is 0 Å². The van der Waals surface area contributed by atoms with Crippen LogP contribution in [0.5, 0.6) is 5.75 Å². The van der Waals surface area contributed by atoms with Gasteiger partial charge in [0.2, 0.25) is 0 Å². The van der Waals surface area contributed by atoms with E-state index >= 15 is 0 Å². The lowest BCUT2D eigenvalue weighted by Gasteiger charge is -2.00. The normalized spacial score (nSPS) is 9.83. The molecule has 0 saturated carbocycles. The van der Waals surface area contributed by atoms with Gasteiger partial charge in [0, 0.05) is 0 Å². The summed E-state index contributed by atoms with van der Waals surface area (Å²) in [4.78, 5) is 11.0. The Morgan fingerprint density at radius 3 is 2.83 bits per heavy atom. The van der Waals surface area contributed by atoms with Gasteiger partial charge in [-0.3, -0.25) is 4.79 Å².